The van der Waals surface area contributed by atoms with Crippen molar-refractivity contribution in [1.29, 1.82) is 0 Å². The number of hydrogen-bond acceptors (Lipinski definition) is 3. The van der Waals surface area contributed by atoms with Crippen molar-refractivity contribution >= 4 is 5.78 Å². The standard InChI is InChI=1S/C11H15NO3.ClH/c1-7(2)12-6-11(15)8-3-4-9(13)10(14)5-8;/h3-5,7,12-14H,6H2,1-2H3;1H. The van der Waals surface area contributed by atoms with Gasteiger partial charge in [0.25, 0.3) is 0 Å². The van der Waals surface area contributed by atoms with Crippen LogP contribution in [0.25, 0.3) is 0 Å². The van der Waals surface area contributed by atoms with Gasteiger partial charge in [0.05, 0.1) is 6.04 Å². The van der Waals surface area contributed by atoms with E-state index < -0.39 is 0 Å². The van der Waals surface area contributed by atoms with E-state index in [1.54, 1.807) is 0 Å². The topological polar surface area (TPSA) is 74.1 Å². The molecule has 0 aliphatic rings. The summed E-state index contributed by atoms with van der Waals surface area (Å²) in [6.07, 6.45) is 0. The minimum absolute atomic E-state index is 0. The lowest BCUT2D eigenvalue weighted by Crippen LogP contribution is -3.00. The molecule has 0 aromatic heterocycles. The maximum Gasteiger partial charge on any atom is 0.216 e. The molecule has 1 aromatic carbocycles. The first-order chi connectivity index (χ1) is 7.00. The van der Waals surface area contributed by atoms with E-state index in [1.807, 2.05) is 19.2 Å². The highest BCUT2D eigenvalue weighted by Gasteiger charge is 2.11. The van der Waals surface area contributed by atoms with Crippen LogP contribution < -0.4 is 17.7 Å². The fourth-order valence-corrected chi connectivity index (χ4v) is 1.16. The number of ketones is 1. The molecule has 0 saturated carbocycles. The molecule has 0 saturated heterocycles. The van der Waals surface area contributed by atoms with Gasteiger partial charge in [-0.2, -0.15) is 0 Å². The Morgan fingerprint density at radius 1 is 1.31 bits per heavy atom. The summed E-state index contributed by atoms with van der Waals surface area (Å²) in [6, 6.07) is 4.47. The number of carbonyl (C=O) groups excluding carboxylic acids is 1. The molecule has 0 unspecified atom stereocenters. The lowest BCUT2D eigenvalue weighted by Gasteiger charge is -2.05. The summed E-state index contributed by atoms with van der Waals surface area (Å²) in [5, 5.41) is 20.2. The van der Waals surface area contributed by atoms with Crippen molar-refractivity contribution in [3.05, 3.63) is 23.8 Å². The van der Waals surface area contributed by atoms with Crippen LogP contribution in [0.1, 0.15) is 24.2 Å². The molecule has 1 aromatic rings. The van der Waals surface area contributed by atoms with E-state index in [1.165, 1.54) is 18.2 Å². The number of phenolic OH excluding ortho intramolecular Hbond substituents is 2. The number of halogens is 1. The van der Waals surface area contributed by atoms with Gasteiger partial charge in [-0.1, -0.05) is 0 Å². The monoisotopic (exact) mass is 245 g/mol. The van der Waals surface area contributed by atoms with Gasteiger partial charge in [-0.3, -0.25) is 4.79 Å². The van der Waals surface area contributed by atoms with Crippen molar-refractivity contribution in [2.45, 2.75) is 19.9 Å². The molecular weight excluding hydrogens is 230 g/mol. The molecule has 0 heterocycles. The van der Waals surface area contributed by atoms with Crippen LogP contribution in [0, 0.1) is 0 Å². The minimum atomic E-state index is -0.259. The van der Waals surface area contributed by atoms with Crippen molar-refractivity contribution in [1.82, 2.24) is 0 Å². The van der Waals surface area contributed by atoms with Crippen LogP contribution in [0.5, 0.6) is 11.5 Å². The molecule has 0 bridgehead atoms. The Hall–Kier alpha value is -1.26. The zero-order valence-electron chi connectivity index (χ0n) is 9.27. The number of carbonyl (C=O) groups is 1. The quantitative estimate of drug-likeness (QED) is 0.398. The molecule has 0 amide bonds. The maximum atomic E-state index is 11.6. The van der Waals surface area contributed by atoms with Crippen LogP contribution in [0.4, 0.5) is 0 Å². The molecule has 5 heteroatoms. The molecule has 0 aliphatic heterocycles. The van der Waals surface area contributed by atoms with E-state index in [9.17, 15) is 9.90 Å². The third kappa shape index (κ3) is 4.08. The SMILES string of the molecule is CC(C)[NH2+]CC(=O)c1ccc(O)c(O)c1.[Cl-]. The third-order valence-electron chi connectivity index (χ3n) is 2.07. The Bertz CT molecular complexity index is 366. The number of Topliss-reactive ketones (excluding diaryl/α,β-unsaturated/α-hetero) is 1. The lowest BCUT2D eigenvalue weighted by molar-refractivity contribution is -0.671. The third-order valence-corrected chi connectivity index (χ3v) is 2.07. The molecule has 1 rings (SSSR count). The highest BCUT2D eigenvalue weighted by atomic mass is 35.5. The van der Waals surface area contributed by atoms with E-state index in [0.29, 0.717) is 18.2 Å². The summed E-state index contributed by atoms with van der Waals surface area (Å²) in [6.45, 7) is 4.35. The first-order valence-electron chi connectivity index (χ1n) is 4.89. The second-order valence-corrected chi connectivity index (χ2v) is 3.81. The average Bonchev–Trinajstić information content (AvgIpc) is 2.18. The van der Waals surface area contributed by atoms with Crippen LogP contribution in [-0.2, 0) is 0 Å². The number of hydrogen-bond donors (Lipinski definition) is 3. The second-order valence-electron chi connectivity index (χ2n) is 3.81. The minimum Gasteiger partial charge on any atom is -1.00 e. The van der Waals surface area contributed by atoms with Gasteiger partial charge in [-0.15, -0.1) is 0 Å². The van der Waals surface area contributed by atoms with Crippen LogP contribution in [0.15, 0.2) is 18.2 Å². The second kappa shape index (κ2) is 6.35. The predicted octanol–water partition coefficient (Wildman–Crippen LogP) is -2.74. The lowest BCUT2D eigenvalue weighted by atomic mass is 10.1. The zero-order valence-corrected chi connectivity index (χ0v) is 10.0. The number of aromatic hydroxyl groups is 2. The predicted molar refractivity (Wildman–Crippen MR) is 56.0 cm³/mol. The van der Waals surface area contributed by atoms with Crippen molar-refractivity contribution in [3.63, 3.8) is 0 Å². The Kier molecular flexibility index (Phi) is 5.85. The van der Waals surface area contributed by atoms with E-state index in [4.69, 9.17) is 5.11 Å². The van der Waals surface area contributed by atoms with Crippen LogP contribution in [-0.4, -0.2) is 28.6 Å². The van der Waals surface area contributed by atoms with Crippen molar-refractivity contribution in [2.75, 3.05) is 6.54 Å². The zero-order chi connectivity index (χ0) is 11.4. The molecular formula is C11H16ClNO3. The molecule has 90 valence electrons. The number of rotatable bonds is 4. The number of phenols is 2. The molecule has 0 atom stereocenters. The van der Waals surface area contributed by atoms with Crippen LogP contribution in [0.2, 0.25) is 0 Å². The van der Waals surface area contributed by atoms with Gasteiger partial charge in [0.15, 0.2) is 11.5 Å². The van der Waals surface area contributed by atoms with Crippen molar-refractivity contribution < 1.29 is 32.7 Å². The van der Waals surface area contributed by atoms with Gasteiger partial charge >= 0.3 is 0 Å². The Morgan fingerprint density at radius 2 is 1.94 bits per heavy atom. The Morgan fingerprint density at radius 3 is 2.44 bits per heavy atom. The number of quaternary nitrogens is 1. The van der Waals surface area contributed by atoms with E-state index in [-0.39, 0.29) is 29.7 Å². The fraction of sp³-hybridized carbons (Fsp3) is 0.364. The van der Waals surface area contributed by atoms with Gasteiger partial charge in [0.2, 0.25) is 5.78 Å². The summed E-state index contributed by atoms with van der Waals surface area (Å²) in [5.41, 5.74) is 0.419. The Labute approximate surface area is 101 Å². The maximum absolute atomic E-state index is 11.6. The summed E-state index contributed by atoms with van der Waals surface area (Å²) >= 11 is 0. The molecule has 4 N–H and O–H groups in total. The first-order valence-corrected chi connectivity index (χ1v) is 4.89. The highest BCUT2D eigenvalue weighted by molar-refractivity contribution is 5.97. The molecule has 0 radical (unpaired) electrons. The van der Waals surface area contributed by atoms with Crippen molar-refractivity contribution in [3.8, 4) is 11.5 Å². The summed E-state index contributed by atoms with van der Waals surface area (Å²) in [4.78, 5) is 11.6. The molecule has 0 fully saturated rings. The van der Waals surface area contributed by atoms with Gasteiger partial charge in [-0.25, -0.2) is 0 Å². The van der Waals surface area contributed by atoms with E-state index in [0.717, 1.165) is 0 Å². The molecule has 0 spiro atoms. The smallest absolute Gasteiger partial charge is 0.216 e. The van der Waals surface area contributed by atoms with Crippen LogP contribution in [0.3, 0.4) is 0 Å². The largest absolute Gasteiger partial charge is 1.00 e. The van der Waals surface area contributed by atoms with Gasteiger partial charge < -0.3 is 27.9 Å². The van der Waals surface area contributed by atoms with Crippen molar-refractivity contribution in [2.24, 2.45) is 0 Å². The fourth-order valence-electron chi connectivity index (χ4n) is 1.16. The highest BCUT2D eigenvalue weighted by Crippen LogP contribution is 2.24. The van der Waals surface area contributed by atoms with E-state index >= 15 is 0 Å². The summed E-state index contributed by atoms with van der Waals surface area (Å²) < 4.78 is 0. The van der Waals surface area contributed by atoms with Crippen LogP contribution >= 0.6 is 0 Å². The number of nitrogens with two attached hydrogens (primary N) is 1. The molecule has 16 heavy (non-hydrogen) atoms. The first kappa shape index (κ1) is 14.7. The molecule has 0 aliphatic carbocycles. The average molecular weight is 246 g/mol. The van der Waals surface area contributed by atoms with Gasteiger partial charge in [-0.05, 0) is 32.0 Å². The van der Waals surface area contributed by atoms with Gasteiger partial charge in [0, 0.05) is 5.56 Å². The summed E-state index contributed by atoms with van der Waals surface area (Å²) in [7, 11) is 0. The summed E-state index contributed by atoms with van der Waals surface area (Å²) in [5.74, 6) is -0.524. The Balaban J connectivity index is 0.00000225. The number of benzene rings is 1. The van der Waals surface area contributed by atoms with E-state index in [2.05, 4.69) is 0 Å². The molecule has 4 nitrogen and oxygen atoms in total. The van der Waals surface area contributed by atoms with Gasteiger partial charge in [0.1, 0.15) is 6.54 Å². The normalized spacial score (nSPS) is 9.94.